The maximum Gasteiger partial charge on any atom is 0.0522 e. The van der Waals surface area contributed by atoms with E-state index in [2.05, 4.69) is 23.6 Å². The van der Waals surface area contributed by atoms with E-state index in [1.807, 2.05) is 10.9 Å². The van der Waals surface area contributed by atoms with Crippen LogP contribution in [0.15, 0.2) is 12.4 Å². The number of nitrogens with two attached hydrogens (primary N) is 1. The van der Waals surface area contributed by atoms with Gasteiger partial charge in [0.2, 0.25) is 0 Å². The normalized spacial score (nSPS) is 18.0. The number of rotatable bonds is 6. The highest BCUT2D eigenvalue weighted by Gasteiger charge is 2.25. The lowest BCUT2D eigenvalue weighted by Crippen LogP contribution is -2.37. The molecule has 3 N–H and O–H groups in total. The van der Waals surface area contributed by atoms with Crippen LogP contribution >= 0.6 is 0 Å². The standard InChI is InChI=1S/C11H20N4/c1-2-15-8-10(7-13-15)6-11(14-12)5-9-3-4-9/h7-9,11,14H,2-6,12H2,1H3. The summed E-state index contributed by atoms with van der Waals surface area (Å²) in [5, 5.41) is 4.26. The summed E-state index contributed by atoms with van der Waals surface area (Å²) in [6.07, 6.45) is 9.01. The van der Waals surface area contributed by atoms with Crippen molar-refractivity contribution >= 4 is 0 Å². The Balaban J connectivity index is 1.86. The van der Waals surface area contributed by atoms with E-state index >= 15 is 0 Å². The van der Waals surface area contributed by atoms with E-state index in [0.717, 1.165) is 18.9 Å². The summed E-state index contributed by atoms with van der Waals surface area (Å²) in [4.78, 5) is 0. The first-order valence-corrected chi connectivity index (χ1v) is 5.79. The van der Waals surface area contributed by atoms with E-state index in [1.165, 1.54) is 24.8 Å². The monoisotopic (exact) mass is 208 g/mol. The molecule has 0 aromatic carbocycles. The summed E-state index contributed by atoms with van der Waals surface area (Å²) in [5.74, 6) is 6.47. The molecular weight excluding hydrogens is 188 g/mol. The molecular formula is C11H20N4. The summed E-state index contributed by atoms with van der Waals surface area (Å²) in [6.45, 7) is 3.03. The fraction of sp³-hybridized carbons (Fsp3) is 0.727. The lowest BCUT2D eigenvalue weighted by atomic mass is 10.0. The number of hydrogen-bond donors (Lipinski definition) is 2. The number of aryl methyl sites for hydroxylation is 1. The van der Waals surface area contributed by atoms with Crippen LogP contribution in [0.2, 0.25) is 0 Å². The minimum Gasteiger partial charge on any atom is -0.273 e. The molecule has 2 rings (SSSR count). The van der Waals surface area contributed by atoms with Gasteiger partial charge in [-0.2, -0.15) is 5.10 Å². The van der Waals surface area contributed by atoms with Gasteiger partial charge in [-0.1, -0.05) is 12.8 Å². The Labute approximate surface area is 90.8 Å². The number of nitrogens with zero attached hydrogens (tertiary/aromatic N) is 2. The molecule has 0 saturated heterocycles. The van der Waals surface area contributed by atoms with Crippen LogP contribution in [0.3, 0.4) is 0 Å². The molecule has 84 valence electrons. The third kappa shape index (κ3) is 3.04. The molecule has 1 unspecified atom stereocenters. The van der Waals surface area contributed by atoms with Gasteiger partial charge in [0.15, 0.2) is 0 Å². The third-order valence-electron chi connectivity index (χ3n) is 3.04. The van der Waals surface area contributed by atoms with E-state index in [0.29, 0.717) is 6.04 Å². The molecule has 1 aliphatic rings. The van der Waals surface area contributed by atoms with Crippen LogP contribution in [-0.2, 0) is 13.0 Å². The van der Waals surface area contributed by atoms with Crippen LogP contribution < -0.4 is 11.3 Å². The van der Waals surface area contributed by atoms with Crippen molar-refractivity contribution in [2.45, 2.75) is 45.2 Å². The molecule has 1 heterocycles. The lowest BCUT2D eigenvalue weighted by molar-refractivity contribution is 0.465. The molecule has 1 fully saturated rings. The van der Waals surface area contributed by atoms with Crippen LogP contribution in [0, 0.1) is 5.92 Å². The quantitative estimate of drug-likeness (QED) is 0.543. The highest BCUT2D eigenvalue weighted by Crippen LogP contribution is 2.33. The lowest BCUT2D eigenvalue weighted by Gasteiger charge is -2.13. The van der Waals surface area contributed by atoms with Gasteiger partial charge in [0.25, 0.3) is 0 Å². The Kier molecular flexibility index (Phi) is 3.38. The van der Waals surface area contributed by atoms with Crippen LogP contribution in [0.1, 0.15) is 31.7 Å². The van der Waals surface area contributed by atoms with Gasteiger partial charge in [0, 0.05) is 18.8 Å². The first kappa shape index (κ1) is 10.6. The summed E-state index contributed by atoms with van der Waals surface area (Å²) >= 11 is 0. The van der Waals surface area contributed by atoms with Crippen molar-refractivity contribution in [3.05, 3.63) is 18.0 Å². The molecule has 1 aliphatic carbocycles. The minimum absolute atomic E-state index is 0.409. The van der Waals surface area contributed by atoms with Crippen molar-refractivity contribution in [1.29, 1.82) is 0 Å². The van der Waals surface area contributed by atoms with Gasteiger partial charge in [-0.25, -0.2) is 0 Å². The predicted molar refractivity (Wildman–Crippen MR) is 60.1 cm³/mol. The van der Waals surface area contributed by atoms with Crippen molar-refractivity contribution in [3.63, 3.8) is 0 Å². The van der Waals surface area contributed by atoms with E-state index in [1.54, 1.807) is 0 Å². The van der Waals surface area contributed by atoms with Gasteiger partial charge in [-0.3, -0.25) is 16.0 Å². The molecule has 0 aliphatic heterocycles. The van der Waals surface area contributed by atoms with Crippen molar-refractivity contribution in [1.82, 2.24) is 15.2 Å². The average Bonchev–Trinajstić information content (AvgIpc) is 2.95. The van der Waals surface area contributed by atoms with E-state index in [-0.39, 0.29) is 0 Å². The zero-order chi connectivity index (χ0) is 10.7. The van der Waals surface area contributed by atoms with Gasteiger partial charge < -0.3 is 0 Å². The van der Waals surface area contributed by atoms with Crippen LogP contribution in [-0.4, -0.2) is 15.8 Å². The third-order valence-corrected chi connectivity index (χ3v) is 3.04. The Morgan fingerprint density at radius 1 is 1.67 bits per heavy atom. The maximum atomic E-state index is 5.56. The zero-order valence-electron chi connectivity index (χ0n) is 9.32. The highest BCUT2D eigenvalue weighted by molar-refractivity contribution is 5.06. The van der Waals surface area contributed by atoms with E-state index in [4.69, 9.17) is 5.84 Å². The first-order chi connectivity index (χ1) is 7.31. The van der Waals surface area contributed by atoms with Crippen LogP contribution in [0.5, 0.6) is 0 Å². The second-order valence-electron chi connectivity index (χ2n) is 4.45. The molecule has 1 aromatic heterocycles. The second-order valence-corrected chi connectivity index (χ2v) is 4.45. The van der Waals surface area contributed by atoms with Gasteiger partial charge in [0.05, 0.1) is 6.20 Å². The summed E-state index contributed by atoms with van der Waals surface area (Å²) in [7, 11) is 0. The Hall–Kier alpha value is -0.870. The summed E-state index contributed by atoms with van der Waals surface area (Å²) in [6, 6.07) is 0.409. The van der Waals surface area contributed by atoms with Gasteiger partial charge in [-0.15, -0.1) is 0 Å². The molecule has 0 amide bonds. The fourth-order valence-electron chi connectivity index (χ4n) is 1.94. The molecule has 1 aromatic rings. The molecule has 4 heteroatoms. The summed E-state index contributed by atoms with van der Waals surface area (Å²) < 4.78 is 1.96. The number of hydrogen-bond acceptors (Lipinski definition) is 3. The van der Waals surface area contributed by atoms with E-state index in [9.17, 15) is 0 Å². The number of nitrogens with one attached hydrogen (secondary N) is 1. The Bertz CT molecular complexity index is 303. The van der Waals surface area contributed by atoms with Crippen molar-refractivity contribution < 1.29 is 0 Å². The topological polar surface area (TPSA) is 55.9 Å². The van der Waals surface area contributed by atoms with Crippen molar-refractivity contribution in [2.75, 3.05) is 0 Å². The zero-order valence-corrected chi connectivity index (χ0v) is 9.32. The van der Waals surface area contributed by atoms with Crippen LogP contribution in [0.25, 0.3) is 0 Å². The molecule has 15 heavy (non-hydrogen) atoms. The molecule has 1 atom stereocenters. The predicted octanol–water partition coefficient (Wildman–Crippen LogP) is 1.08. The molecule has 0 radical (unpaired) electrons. The van der Waals surface area contributed by atoms with Gasteiger partial charge in [0.1, 0.15) is 0 Å². The smallest absolute Gasteiger partial charge is 0.0522 e. The van der Waals surface area contributed by atoms with Gasteiger partial charge >= 0.3 is 0 Å². The highest BCUT2D eigenvalue weighted by atomic mass is 15.3. The summed E-state index contributed by atoms with van der Waals surface area (Å²) in [5.41, 5.74) is 4.19. The van der Waals surface area contributed by atoms with E-state index < -0.39 is 0 Å². The Morgan fingerprint density at radius 2 is 2.47 bits per heavy atom. The largest absolute Gasteiger partial charge is 0.273 e. The van der Waals surface area contributed by atoms with Gasteiger partial charge in [-0.05, 0) is 31.2 Å². The maximum absolute atomic E-state index is 5.56. The van der Waals surface area contributed by atoms with Crippen LogP contribution in [0.4, 0.5) is 0 Å². The Morgan fingerprint density at radius 3 is 3.00 bits per heavy atom. The molecule has 4 nitrogen and oxygen atoms in total. The molecule has 1 saturated carbocycles. The molecule has 0 bridgehead atoms. The average molecular weight is 208 g/mol. The second kappa shape index (κ2) is 4.77. The SMILES string of the molecule is CCn1cc(CC(CC2CC2)NN)cn1. The minimum atomic E-state index is 0.409. The molecule has 0 spiro atoms. The first-order valence-electron chi connectivity index (χ1n) is 5.79. The fourth-order valence-corrected chi connectivity index (χ4v) is 1.94. The number of hydrazine groups is 1. The van der Waals surface area contributed by atoms with Crippen molar-refractivity contribution in [2.24, 2.45) is 11.8 Å². The van der Waals surface area contributed by atoms with Crippen molar-refractivity contribution in [3.8, 4) is 0 Å². The number of aromatic nitrogens is 2.